The molecule has 0 aliphatic rings. The molecule has 0 amide bonds. The first-order valence-electron chi connectivity index (χ1n) is 7.52. The number of thiocarbonyl (C=S) groups is 1. The lowest BCUT2D eigenvalue weighted by Gasteiger charge is -2.24. The van der Waals surface area contributed by atoms with Crippen molar-refractivity contribution >= 4 is 28.6 Å². The number of methoxy groups -OCH3 is 2. The maximum absolute atomic E-state index is 5.63. The molecule has 2 aromatic rings. The maximum atomic E-state index is 5.63. The van der Waals surface area contributed by atoms with Crippen LogP contribution in [0, 0.1) is 0 Å². The zero-order chi connectivity index (χ0) is 17.5. The molecular weight excluding hydrogens is 320 g/mol. The lowest BCUT2D eigenvalue weighted by Crippen LogP contribution is -2.22. The molecule has 2 aromatic carbocycles. The number of rotatable bonds is 6. The van der Waals surface area contributed by atoms with Gasteiger partial charge in [0.15, 0.2) is 0 Å². The van der Waals surface area contributed by atoms with Crippen LogP contribution in [-0.2, 0) is 0 Å². The summed E-state index contributed by atoms with van der Waals surface area (Å²) in [5.41, 5.74) is 1.93. The van der Waals surface area contributed by atoms with Gasteiger partial charge in [0.05, 0.1) is 14.2 Å². The third-order valence-corrected chi connectivity index (χ3v) is 3.72. The summed E-state index contributed by atoms with van der Waals surface area (Å²) in [6.07, 6.45) is 3.84. The first kappa shape index (κ1) is 17.8. The van der Waals surface area contributed by atoms with E-state index in [1.807, 2.05) is 84.7 Å². The third kappa shape index (κ3) is 4.49. The maximum Gasteiger partial charge on any atom is 0.119 e. The Labute approximate surface area is 148 Å². The molecule has 0 bridgehead atoms. The molecule has 2 rings (SSSR count). The minimum atomic E-state index is 0.694. The molecule has 0 saturated carbocycles. The Bertz CT molecular complexity index is 647. The van der Waals surface area contributed by atoms with Gasteiger partial charge in [-0.1, -0.05) is 12.2 Å². The Morgan fingerprint density at radius 2 is 1.25 bits per heavy atom. The second kappa shape index (κ2) is 8.36. The summed E-state index contributed by atoms with van der Waals surface area (Å²) in [6, 6.07) is 15.6. The summed E-state index contributed by atoms with van der Waals surface area (Å²) in [7, 11) is 7.23. The van der Waals surface area contributed by atoms with E-state index in [9.17, 15) is 0 Å². The zero-order valence-electron chi connectivity index (χ0n) is 14.4. The molecule has 0 N–H and O–H groups in total. The monoisotopic (exact) mass is 342 g/mol. The van der Waals surface area contributed by atoms with Crippen LogP contribution in [0.3, 0.4) is 0 Å². The number of ether oxygens (including phenoxy) is 2. The number of benzene rings is 2. The number of anilines is 2. The second-order valence-electron chi connectivity index (χ2n) is 5.35. The average molecular weight is 342 g/mol. The van der Waals surface area contributed by atoms with Crippen LogP contribution in [0.15, 0.2) is 60.8 Å². The minimum absolute atomic E-state index is 0.694. The fourth-order valence-corrected chi connectivity index (χ4v) is 2.43. The summed E-state index contributed by atoms with van der Waals surface area (Å²) >= 11 is 5.63. The van der Waals surface area contributed by atoms with Crippen molar-refractivity contribution in [3.05, 3.63) is 60.8 Å². The number of hydrogen-bond donors (Lipinski definition) is 0. The molecule has 0 aliphatic carbocycles. The Balaban J connectivity index is 2.40. The smallest absolute Gasteiger partial charge is 0.119 e. The Morgan fingerprint density at radius 1 is 0.833 bits per heavy atom. The van der Waals surface area contributed by atoms with Crippen LogP contribution in [0.4, 0.5) is 11.4 Å². The van der Waals surface area contributed by atoms with Crippen molar-refractivity contribution < 1.29 is 9.47 Å². The van der Waals surface area contributed by atoms with E-state index in [0.717, 1.165) is 22.9 Å². The second-order valence-corrected chi connectivity index (χ2v) is 5.77. The van der Waals surface area contributed by atoms with Crippen LogP contribution in [-0.4, -0.2) is 38.2 Å². The molecule has 126 valence electrons. The van der Waals surface area contributed by atoms with Crippen LogP contribution >= 0.6 is 12.2 Å². The predicted molar refractivity (Wildman–Crippen MR) is 104 cm³/mol. The van der Waals surface area contributed by atoms with Gasteiger partial charge in [-0.2, -0.15) is 0 Å². The van der Waals surface area contributed by atoms with E-state index in [1.165, 1.54) is 0 Å². The van der Waals surface area contributed by atoms with Gasteiger partial charge in [0.2, 0.25) is 0 Å². The largest absolute Gasteiger partial charge is 0.497 e. The van der Waals surface area contributed by atoms with Crippen LogP contribution in [0.25, 0.3) is 0 Å². The summed E-state index contributed by atoms with van der Waals surface area (Å²) in [4.78, 5) is 4.65. The Kier molecular flexibility index (Phi) is 6.21. The standard InChI is InChI=1S/C19H22N2O2S/c1-20(2)14-13-19(24)21(15-5-9-17(22-3)10-6-15)16-7-11-18(23-4)12-8-16/h5-14H,1-4H3. The van der Waals surface area contributed by atoms with Crippen molar-refractivity contribution in [2.24, 2.45) is 0 Å². The summed E-state index contributed by atoms with van der Waals surface area (Å²) in [5, 5.41) is 0. The highest BCUT2D eigenvalue weighted by molar-refractivity contribution is 7.81. The lowest BCUT2D eigenvalue weighted by molar-refractivity contribution is 0.415. The van der Waals surface area contributed by atoms with Gasteiger partial charge in [-0.25, -0.2) is 0 Å². The minimum Gasteiger partial charge on any atom is -0.497 e. The fraction of sp³-hybridized carbons (Fsp3) is 0.211. The highest BCUT2D eigenvalue weighted by Crippen LogP contribution is 2.29. The van der Waals surface area contributed by atoms with Crippen LogP contribution in [0.1, 0.15) is 0 Å². The van der Waals surface area contributed by atoms with Gasteiger partial charge in [-0.15, -0.1) is 0 Å². The van der Waals surface area contributed by atoms with Gasteiger partial charge < -0.3 is 19.3 Å². The predicted octanol–water partition coefficient (Wildman–Crippen LogP) is 4.24. The van der Waals surface area contributed by atoms with Gasteiger partial charge in [-0.05, 0) is 54.6 Å². The molecule has 0 aliphatic heterocycles. The van der Waals surface area contributed by atoms with E-state index < -0.39 is 0 Å². The van der Waals surface area contributed by atoms with Gasteiger partial charge >= 0.3 is 0 Å². The molecule has 0 heterocycles. The third-order valence-electron chi connectivity index (χ3n) is 3.40. The van der Waals surface area contributed by atoms with Crippen LogP contribution in [0.2, 0.25) is 0 Å². The molecule has 5 heteroatoms. The first-order valence-corrected chi connectivity index (χ1v) is 7.93. The normalized spacial score (nSPS) is 10.5. The molecule has 0 unspecified atom stereocenters. The van der Waals surface area contributed by atoms with E-state index in [2.05, 4.69) is 0 Å². The molecule has 0 radical (unpaired) electrons. The molecule has 4 nitrogen and oxygen atoms in total. The van der Waals surface area contributed by atoms with E-state index in [4.69, 9.17) is 21.7 Å². The van der Waals surface area contributed by atoms with Crippen molar-refractivity contribution in [1.82, 2.24) is 4.90 Å². The van der Waals surface area contributed by atoms with Crippen molar-refractivity contribution in [3.8, 4) is 11.5 Å². The Morgan fingerprint density at radius 3 is 1.58 bits per heavy atom. The molecule has 24 heavy (non-hydrogen) atoms. The number of hydrogen-bond acceptors (Lipinski definition) is 4. The van der Waals surface area contributed by atoms with Crippen LogP contribution in [0.5, 0.6) is 11.5 Å². The molecule has 0 spiro atoms. The van der Waals surface area contributed by atoms with Crippen LogP contribution < -0.4 is 14.4 Å². The van der Waals surface area contributed by atoms with Gasteiger partial charge in [0.25, 0.3) is 0 Å². The summed E-state index contributed by atoms with van der Waals surface area (Å²) in [5.74, 6) is 1.62. The SMILES string of the molecule is COc1ccc(N(C(=S)C=CN(C)C)c2ccc(OC)cc2)cc1. The van der Waals surface area contributed by atoms with E-state index in [-0.39, 0.29) is 0 Å². The fourth-order valence-electron chi connectivity index (χ4n) is 2.15. The average Bonchev–Trinajstić information content (AvgIpc) is 2.61. The molecule has 0 aromatic heterocycles. The lowest BCUT2D eigenvalue weighted by atomic mass is 10.2. The highest BCUT2D eigenvalue weighted by Gasteiger charge is 2.13. The van der Waals surface area contributed by atoms with E-state index >= 15 is 0 Å². The van der Waals surface area contributed by atoms with E-state index in [1.54, 1.807) is 14.2 Å². The van der Waals surface area contributed by atoms with E-state index in [0.29, 0.717) is 4.99 Å². The molecular formula is C19H22N2O2S. The van der Waals surface area contributed by atoms with Gasteiger partial charge in [-0.3, -0.25) is 0 Å². The quantitative estimate of drug-likeness (QED) is 0.577. The van der Waals surface area contributed by atoms with Gasteiger partial charge in [0, 0.05) is 31.7 Å². The first-order chi connectivity index (χ1) is 11.5. The van der Waals surface area contributed by atoms with Crippen molar-refractivity contribution in [2.75, 3.05) is 33.2 Å². The highest BCUT2D eigenvalue weighted by atomic mass is 32.1. The van der Waals surface area contributed by atoms with Crippen molar-refractivity contribution in [3.63, 3.8) is 0 Å². The van der Waals surface area contributed by atoms with Crippen molar-refractivity contribution in [2.45, 2.75) is 0 Å². The zero-order valence-corrected chi connectivity index (χ0v) is 15.2. The number of nitrogens with zero attached hydrogens (tertiary/aromatic N) is 2. The Hall–Kier alpha value is -2.53. The summed E-state index contributed by atoms with van der Waals surface area (Å²) in [6.45, 7) is 0. The summed E-state index contributed by atoms with van der Waals surface area (Å²) < 4.78 is 10.5. The van der Waals surface area contributed by atoms with Crippen molar-refractivity contribution in [1.29, 1.82) is 0 Å². The molecule has 0 saturated heterocycles. The molecule has 0 fully saturated rings. The topological polar surface area (TPSA) is 24.9 Å². The molecule has 0 atom stereocenters. The van der Waals surface area contributed by atoms with Gasteiger partial charge in [0.1, 0.15) is 16.5 Å².